The number of aromatic nitrogens is 2. The molecule has 200 valence electrons. The van der Waals surface area contributed by atoms with E-state index in [2.05, 4.69) is 56.8 Å². The molecule has 2 heterocycles. The van der Waals surface area contributed by atoms with Gasteiger partial charge >= 0.3 is 7.12 Å². The first kappa shape index (κ1) is 26.6. The average Bonchev–Trinajstić information content (AvgIpc) is 3.23. The van der Waals surface area contributed by atoms with Crippen molar-refractivity contribution in [3.05, 3.63) is 121 Å². The molecule has 5 nitrogen and oxygen atoms in total. The standard InChI is InChI=1S/C35H30BN3O2/c1-34(2)35(3,4)41-36(40-34)29-21-13-19-27(23-29)26-18-12-20-28(22-26)33-38-30(24-14-8-6-9-15-24)32(37-5)31(39-33)25-16-10-7-11-17-25/h6-23H,1-4H3. The van der Waals surface area contributed by atoms with Crippen molar-refractivity contribution in [3.8, 4) is 45.0 Å². The molecule has 6 heteroatoms. The van der Waals surface area contributed by atoms with Gasteiger partial charge in [-0.3, -0.25) is 0 Å². The summed E-state index contributed by atoms with van der Waals surface area (Å²) < 4.78 is 12.6. The highest BCUT2D eigenvalue weighted by Gasteiger charge is 2.51. The van der Waals surface area contributed by atoms with Crippen LogP contribution in [-0.2, 0) is 9.31 Å². The predicted molar refractivity (Wildman–Crippen MR) is 166 cm³/mol. The van der Waals surface area contributed by atoms with Crippen LogP contribution in [0.1, 0.15) is 27.7 Å². The Kier molecular flexibility index (Phi) is 6.79. The Hall–Kier alpha value is -4.57. The lowest BCUT2D eigenvalue weighted by atomic mass is 9.78. The highest BCUT2D eigenvalue weighted by Crippen LogP contribution is 2.39. The zero-order valence-corrected chi connectivity index (χ0v) is 23.6. The SMILES string of the molecule is [C-]#[N+]c1c(-c2ccccc2)nc(-c2cccc(-c3cccc(B4OC(C)(C)C(C)(C)O4)c3)c2)nc1-c1ccccc1. The van der Waals surface area contributed by atoms with Crippen LogP contribution >= 0.6 is 0 Å². The fraction of sp³-hybridized carbons (Fsp3) is 0.171. The summed E-state index contributed by atoms with van der Waals surface area (Å²) in [4.78, 5) is 13.8. The van der Waals surface area contributed by atoms with Crippen LogP contribution in [0.4, 0.5) is 5.69 Å². The highest BCUT2D eigenvalue weighted by molar-refractivity contribution is 6.62. The smallest absolute Gasteiger partial charge is 0.399 e. The molecule has 1 saturated heterocycles. The van der Waals surface area contributed by atoms with E-state index in [0.717, 1.165) is 33.3 Å². The lowest BCUT2D eigenvalue weighted by molar-refractivity contribution is 0.00578. The molecule has 0 radical (unpaired) electrons. The van der Waals surface area contributed by atoms with Crippen LogP contribution < -0.4 is 5.46 Å². The fourth-order valence-corrected chi connectivity index (χ4v) is 4.97. The molecule has 1 fully saturated rings. The molecule has 1 aliphatic rings. The normalized spacial score (nSPS) is 15.4. The summed E-state index contributed by atoms with van der Waals surface area (Å²) >= 11 is 0. The second-order valence-electron chi connectivity index (χ2n) is 11.2. The van der Waals surface area contributed by atoms with Gasteiger partial charge in [0, 0.05) is 5.56 Å². The molecule has 5 aromatic rings. The van der Waals surface area contributed by atoms with E-state index in [1.54, 1.807) is 0 Å². The quantitative estimate of drug-likeness (QED) is 0.169. The molecule has 41 heavy (non-hydrogen) atoms. The Morgan fingerprint density at radius 3 is 1.59 bits per heavy atom. The maximum atomic E-state index is 8.01. The number of hydrogen-bond donors (Lipinski definition) is 0. The largest absolute Gasteiger partial charge is 0.494 e. The van der Waals surface area contributed by atoms with E-state index < -0.39 is 18.3 Å². The van der Waals surface area contributed by atoms with Crippen LogP contribution in [0.5, 0.6) is 0 Å². The lowest BCUT2D eigenvalue weighted by Gasteiger charge is -2.32. The summed E-state index contributed by atoms with van der Waals surface area (Å²) in [6, 6.07) is 36.2. The third-order valence-electron chi connectivity index (χ3n) is 7.96. The Balaban J connectivity index is 1.44. The van der Waals surface area contributed by atoms with Crippen molar-refractivity contribution in [2.24, 2.45) is 0 Å². The van der Waals surface area contributed by atoms with Crippen LogP contribution in [0.3, 0.4) is 0 Å². The fourth-order valence-electron chi connectivity index (χ4n) is 4.97. The van der Waals surface area contributed by atoms with Crippen LogP contribution in [0.2, 0.25) is 0 Å². The molecule has 4 aromatic carbocycles. The third-order valence-corrected chi connectivity index (χ3v) is 7.96. The van der Waals surface area contributed by atoms with Gasteiger partial charge in [-0.1, -0.05) is 103 Å². The van der Waals surface area contributed by atoms with Gasteiger partial charge in [0.05, 0.1) is 29.2 Å². The Morgan fingerprint density at radius 2 is 1.05 bits per heavy atom. The zero-order valence-electron chi connectivity index (χ0n) is 23.6. The molecule has 0 amide bonds. The molecule has 0 aliphatic carbocycles. The van der Waals surface area contributed by atoms with Crippen molar-refractivity contribution in [1.82, 2.24) is 9.97 Å². The summed E-state index contributed by atoms with van der Waals surface area (Å²) in [5.41, 5.74) is 6.55. The highest BCUT2D eigenvalue weighted by atomic mass is 16.7. The minimum absolute atomic E-state index is 0.407. The molecule has 0 atom stereocenters. The third kappa shape index (κ3) is 5.07. The predicted octanol–water partition coefficient (Wildman–Crippen LogP) is 7.99. The second-order valence-corrected chi connectivity index (χ2v) is 11.2. The molecule has 6 rings (SSSR count). The number of benzene rings is 4. The molecule has 1 aromatic heterocycles. The Bertz CT molecular complexity index is 1690. The van der Waals surface area contributed by atoms with Crippen molar-refractivity contribution in [2.75, 3.05) is 0 Å². The van der Waals surface area contributed by atoms with Crippen molar-refractivity contribution >= 4 is 18.3 Å². The molecular formula is C35H30BN3O2. The van der Waals surface area contributed by atoms with E-state index in [1.165, 1.54) is 0 Å². The zero-order chi connectivity index (χ0) is 28.6. The molecular weight excluding hydrogens is 505 g/mol. The van der Waals surface area contributed by atoms with Crippen molar-refractivity contribution in [2.45, 2.75) is 38.9 Å². The van der Waals surface area contributed by atoms with Gasteiger partial charge in [0.1, 0.15) is 0 Å². The van der Waals surface area contributed by atoms with E-state index in [9.17, 15) is 0 Å². The Morgan fingerprint density at radius 1 is 0.585 bits per heavy atom. The second kappa shape index (κ2) is 10.4. The van der Waals surface area contributed by atoms with Gasteiger partial charge in [-0.05, 0) is 61.5 Å². The van der Waals surface area contributed by atoms with E-state index >= 15 is 0 Å². The summed E-state index contributed by atoms with van der Waals surface area (Å²) in [6.45, 7) is 16.3. The molecule has 0 spiro atoms. The molecule has 0 N–H and O–H groups in total. The van der Waals surface area contributed by atoms with E-state index in [1.807, 2.05) is 84.9 Å². The Labute approximate surface area is 241 Å². The van der Waals surface area contributed by atoms with Crippen LogP contribution in [0, 0.1) is 6.57 Å². The van der Waals surface area contributed by atoms with Crippen LogP contribution in [0.15, 0.2) is 109 Å². The first-order chi connectivity index (χ1) is 19.8. The lowest BCUT2D eigenvalue weighted by Crippen LogP contribution is -2.41. The first-order valence-electron chi connectivity index (χ1n) is 13.7. The minimum atomic E-state index is -0.436. The minimum Gasteiger partial charge on any atom is -0.399 e. The van der Waals surface area contributed by atoms with Gasteiger partial charge in [-0.25, -0.2) is 14.8 Å². The monoisotopic (exact) mass is 535 g/mol. The maximum absolute atomic E-state index is 8.01. The number of rotatable bonds is 5. The summed E-state index contributed by atoms with van der Waals surface area (Å²) in [7, 11) is -0.436. The van der Waals surface area contributed by atoms with E-state index in [4.69, 9.17) is 25.8 Å². The summed E-state index contributed by atoms with van der Waals surface area (Å²) in [5.74, 6) is 0.569. The van der Waals surface area contributed by atoms with Gasteiger partial charge < -0.3 is 9.31 Å². The van der Waals surface area contributed by atoms with Crippen LogP contribution in [0.25, 0.3) is 49.9 Å². The van der Waals surface area contributed by atoms with Gasteiger partial charge in [-0.15, -0.1) is 0 Å². The molecule has 1 aliphatic heterocycles. The van der Waals surface area contributed by atoms with E-state index in [0.29, 0.717) is 22.9 Å². The first-order valence-corrected chi connectivity index (χ1v) is 13.7. The van der Waals surface area contributed by atoms with Crippen molar-refractivity contribution in [3.63, 3.8) is 0 Å². The van der Waals surface area contributed by atoms with Crippen LogP contribution in [-0.4, -0.2) is 28.3 Å². The summed E-state index contributed by atoms with van der Waals surface area (Å²) in [5, 5.41) is 0. The molecule has 0 saturated carbocycles. The van der Waals surface area contributed by atoms with E-state index in [-0.39, 0.29) is 0 Å². The van der Waals surface area contributed by atoms with Gasteiger partial charge in [0.2, 0.25) is 5.69 Å². The van der Waals surface area contributed by atoms with Gasteiger partial charge in [0.15, 0.2) is 5.82 Å². The van der Waals surface area contributed by atoms with Crippen molar-refractivity contribution in [1.29, 1.82) is 0 Å². The topological polar surface area (TPSA) is 48.6 Å². The number of nitrogens with zero attached hydrogens (tertiary/aromatic N) is 3. The summed E-state index contributed by atoms with van der Waals surface area (Å²) in [6.07, 6.45) is 0. The molecule has 0 unspecified atom stereocenters. The van der Waals surface area contributed by atoms with Gasteiger partial charge in [0.25, 0.3) is 0 Å². The van der Waals surface area contributed by atoms with Crippen molar-refractivity contribution < 1.29 is 9.31 Å². The van der Waals surface area contributed by atoms with Gasteiger partial charge in [-0.2, -0.15) is 0 Å². The molecule has 0 bridgehead atoms. The number of hydrogen-bond acceptors (Lipinski definition) is 4. The average molecular weight is 535 g/mol. The maximum Gasteiger partial charge on any atom is 0.494 e.